The maximum absolute atomic E-state index is 12.6. The van der Waals surface area contributed by atoms with E-state index in [0.717, 1.165) is 51.6 Å². The lowest BCUT2D eigenvalue weighted by molar-refractivity contribution is -0.135. The van der Waals surface area contributed by atoms with Crippen molar-refractivity contribution in [3.05, 3.63) is 0 Å². The largest absolute Gasteiger partial charge is 0.394 e. The third-order valence-electron chi connectivity index (χ3n) is 5.17. The number of rotatable bonds is 3. The Morgan fingerprint density at radius 3 is 2.37 bits per heavy atom. The van der Waals surface area contributed by atoms with Crippen molar-refractivity contribution in [2.45, 2.75) is 57.9 Å². The molecule has 1 aliphatic heterocycles. The van der Waals surface area contributed by atoms with E-state index in [1.54, 1.807) is 0 Å². The van der Waals surface area contributed by atoms with Crippen molar-refractivity contribution in [3.63, 3.8) is 0 Å². The van der Waals surface area contributed by atoms with Crippen LogP contribution in [0.2, 0.25) is 0 Å². The van der Waals surface area contributed by atoms with Crippen molar-refractivity contribution >= 4 is 5.91 Å². The quantitative estimate of drug-likeness (QED) is 0.726. The second-order valence-corrected chi connectivity index (χ2v) is 6.89. The molecule has 0 aromatic heterocycles. The first-order valence-electron chi connectivity index (χ1n) is 7.64. The average molecular weight is 268 g/mol. The highest BCUT2D eigenvalue weighted by Crippen LogP contribution is 2.34. The molecule has 4 heteroatoms. The lowest BCUT2D eigenvalue weighted by atomic mass is 9.75. The summed E-state index contributed by atoms with van der Waals surface area (Å²) in [7, 11) is 0. The van der Waals surface area contributed by atoms with Crippen LogP contribution in [0, 0.1) is 11.3 Å². The van der Waals surface area contributed by atoms with Gasteiger partial charge in [-0.25, -0.2) is 0 Å². The van der Waals surface area contributed by atoms with Crippen molar-refractivity contribution in [1.82, 2.24) is 10.6 Å². The van der Waals surface area contributed by atoms with Gasteiger partial charge in [-0.15, -0.1) is 0 Å². The van der Waals surface area contributed by atoms with Crippen LogP contribution in [0.25, 0.3) is 0 Å². The van der Waals surface area contributed by atoms with Crippen LogP contribution in [0.3, 0.4) is 0 Å². The van der Waals surface area contributed by atoms with Crippen LogP contribution in [0.1, 0.15) is 52.4 Å². The third-order valence-corrected chi connectivity index (χ3v) is 5.17. The summed E-state index contributed by atoms with van der Waals surface area (Å²) < 4.78 is 0. The van der Waals surface area contributed by atoms with E-state index in [4.69, 9.17) is 0 Å². The molecule has 0 spiro atoms. The molecule has 2 rings (SSSR count). The molecule has 1 amide bonds. The van der Waals surface area contributed by atoms with E-state index < -0.39 is 0 Å². The van der Waals surface area contributed by atoms with Crippen LogP contribution in [0.5, 0.6) is 0 Å². The molecule has 4 nitrogen and oxygen atoms in total. The lowest BCUT2D eigenvalue weighted by Gasteiger charge is -2.42. The maximum Gasteiger partial charge on any atom is 0.226 e. The standard InChI is InChI=1S/C15H28N2O2/c1-12-3-5-15(11-18,6-4-12)17-13(19)14(2)7-9-16-10-8-14/h12,16,18H,3-11H2,1-2H3,(H,17,19). The monoisotopic (exact) mass is 268 g/mol. The van der Waals surface area contributed by atoms with E-state index in [1.165, 1.54) is 0 Å². The van der Waals surface area contributed by atoms with Gasteiger partial charge in [-0.2, -0.15) is 0 Å². The number of carbonyl (C=O) groups is 1. The smallest absolute Gasteiger partial charge is 0.226 e. The van der Waals surface area contributed by atoms with Crippen molar-refractivity contribution in [1.29, 1.82) is 0 Å². The molecule has 0 aromatic rings. The van der Waals surface area contributed by atoms with E-state index in [0.29, 0.717) is 5.92 Å². The minimum Gasteiger partial charge on any atom is -0.394 e. The topological polar surface area (TPSA) is 61.4 Å². The van der Waals surface area contributed by atoms with E-state index >= 15 is 0 Å². The van der Waals surface area contributed by atoms with Gasteiger partial charge in [0, 0.05) is 5.41 Å². The molecule has 0 radical (unpaired) electrons. The molecule has 1 saturated heterocycles. The van der Waals surface area contributed by atoms with Crippen LogP contribution in [0.4, 0.5) is 0 Å². The molecule has 2 aliphatic rings. The maximum atomic E-state index is 12.6. The van der Waals surface area contributed by atoms with Gasteiger partial charge >= 0.3 is 0 Å². The van der Waals surface area contributed by atoms with E-state index in [1.807, 2.05) is 0 Å². The fourth-order valence-electron chi connectivity index (χ4n) is 3.23. The first-order chi connectivity index (χ1) is 9.00. The highest BCUT2D eigenvalue weighted by molar-refractivity contribution is 5.83. The van der Waals surface area contributed by atoms with Gasteiger partial charge in [0.1, 0.15) is 0 Å². The van der Waals surface area contributed by atoms with Crippen LogP contribution >= 0.6 is 0 Å². The van der Waals surface area contributed by atoms with Gasteiger partial charge in [0.25, 0.3) is 0 Å². The fraction of sp³-hybridized carbons (Fsp3) is 0.933. The Morgan fingerprint density at radius 1 is 1.26 bits per heavy atom. The van der Waals surface area contributed by atoms with Crippen molar-refractivity contribution in [3.8, 4) is 0 Å². The third kappa shape index (κ3) is 3.29. The Labute approximate surface area is 116 Å². The summed E-state index contributed by atoms with van der Waals surface area (Å²) >= 11 is 0. The minimum absolute atomic E-state index is 0.0692. The van der Waals surface area contributed by atoms with E-state index in [-0.39, 0.29) is 23.5 Å². The van der Waals surface area contributed by atoms with Gasteiger partial charge in [-0.1, -0.05) is 13.8 Å². The summed E-state index contributed by atoms with van der Waals surface area (Å²) in [6, 6.07) is 0. The van der Waals surface area contributed by atoms with Crippen LogP contribution in [0.15, 0.2) is 0 Å². The predicted molar refractivity (Wildman–Crippen MR) is 75.8 cm³/mol. The average Bonchev–Trinajstić information content (AvgIpc) is 2.42. The SMILES string of the molecule is CC1CCC(CO)(NC(=O)C2(C)CCNCC2)CC1. The second kappa shape index (κ2) is 5.80. The van der Waals surface area contributed by atoms with Crippen molar-refractivity contribution in [2.75, 3.05) is 19.7 Å². The summed E-state index contributed by atoms with van der Waals surface area (Å²) in [5, 5.41) is 16.2. The highest BCUT2D eigenvalue weighted by Gasteiger charge is 2.41. The number of aliphatic hydroxyl groups is 1. The summed E-state index contributed by atoms with van der Waals surface area (Å²) in [5.41, 5.74) is -0.631. The summed E-state index contributed by atoms with van der Waals surface area (Å²) in [6.07, 6.45) is 5.78. The molecule has 1 aliphatic carbocycles. The zero-order valence-corrected chi connectivity index (χ0v) is 12.3. The molecule has 2 fully saturated rings. The van der Waals surface area contributed by atoms with Crippen LogP contribution in [-0.2, 0) is 4.79 Å². The van der Waals surface area contributed by atoms with Gasteiger partial charge in [-0.05, 0) is 57.5 Å². The fourth-order valence-corrected chi connectivity index (χ4v) is 3.23. The molecule has 110 valence electrons. The van der Waals surface area contributed by atoms with Gasteiger partial charge < -0.3 is 15.7 Å². The molecule has 0 unspecified atom stereocenters. The molecule has 0 aromatic carbocycles. The zero-order valence-electron chi connectivity index (χ0n) is 12.3. The van der Waals surface area contributed by atoms with Crippen LogP contribution < -0.4 is 10.6 Å². The number of amides is 1. The highest BCUT2D eigenvalue weighted by atomic mass is 16.3. The zero-order chi connectivity index (χ0) is 13.9. The predicted octanol–water partition coefficient (Wildman–Crippen LogP) is 1.43. The van der Waals surface area contributed by atoms with E-state index in [9.17, 15) is 9.90 Å². The summed E-state index contributed by atoms with van der Waals surface area (Å²) in [5.74, 6) is 0.851. The Morgan fingerprint density at radius 2 is 1.84 bits per heavy atom. The molecule has 3 N–H and O–H groups in total. The van der Waals surface area contributed by atoms with Gasteiger partial charge in [0.15, 0.2) is 0 Å². The molecule has 19 heavy (non-hydrogen) atoms. The summed E-state index contributed by atoms with van der Waals surface area (Å²) in [4.78, 5) is 12.6. The molecular weight excluding hydrogens is 240 g/mol. The Kier molecular flexibility index (Phi) is 4.51. The van der Waals surface area contributed by atoms with Crippen molar-refractivity contribution < 1.29 is 9.90 Å². The van der Waals surface area contributed by atoms with Gasteiger partial charge in [0.05, 0.1) is 12.1 Å². The molecule has 1 heterocycles. The second-order valence-electron chi connectivity index (χ2n) is 6.89. The number of carbonyl (C=O) groups excluding carboxylic acids is 1. The number of hydrogen-bond donors (Lipinski definition) is 3. The lowest BCUT2D eigenvalue weighted by Crippen LogP contribution is -2.58. The van der Waals surface area contributed by atoms with Crippen molar-refractivity contribution in [2.24, 2.45) is 11.3 Å². The van der Waals surface area contributed by atoms with Gasteiger partial charge in [-0.3, -0.25) is 4.79 Å². The summed E-state index contributed by atoms with van der Waals surface area (Å²) in [6.45, 7) is 6.19. The Bertz CT molecular complexity index is 316. The molecule has 0 atom stereocenters. The molecule has 0 bridgehead atoms. The number of piperidine rings is 1. The number of hydrogen-bond acceptors (Lipinski definition) is 3. The first-order valence-corrected chi connectivity index (χ1v) is 7.64. The molecular formula is C15H28N2O2. The normalized spacial score (nSPS) is 34.8. The van der Waals surface area contributed by atoms with Crippen LogP contribution in [-0.4, -0.2) is 36.2 Å². The number of nitrogens with one attached hydrogen (secondary N) is 2. The Balaban J connectivity index is 1.99. The Hall–Kier alpha value is -0.610. The number of aliphatic hydroxyl groups excluding tert-OH is 1. The van der Waals surface area contributed by atoms with Gasteiger partial charge in [0.2, 0.25) is 5.91 Å². The first kappa shape index (κ1) is 14.8. The van der Waals surface area contributed by atoms with E-state index in [2.05, 4.69) is 24.5 Å². The molecule has 1 saturated carbocycles. The minimum atomic E-state index is -0.364.